The number of aryl methyl sites for hydroxylation is 1. The van der Waals surface area contributed by atoms with Gasteiger partial charge in [0.1, 0.15) is 17.2 Å². The Balaban J connectivity index is 2.48. The number of rotatable bonds is 5. The number of hydrogen-bond donors (Lipinski definition) is 0. The van der Waals surface area contributed by atoms with Crippen LogP contribution in [0.5, 0.6) is 17.2 Å². The maximum absolute atomic E-state index is 12.6. The van der Waals surface area contributed by atoms with Crippen LogP contribution in [0.15, 0.2) is 41.3 Å². The molecule has 0 atom stereocenters. The molecular weight excluding hydrogens is 304 g/mol. The van der Waals surface area contributed by atoms with Crippen LogP contribution in [-0.2, 0) is 10.1 Å². The Bertz CT molecular complexity index is 781. The lowest BCUT2D eigenvalue weighted by Crippen LogP contribution is -2.12. The number of methoxy groups -OCH3 is 2. The topological polar surface area (TPSA) is 61.8 Å². The Morgan fingerprint density at radius 2 is 1.64 bits per heavy atom. The molecule has 22 heavy (non-hydrogen) atoms. The molecule has 5 nitrogen and oxygen atoms in total. The molecule has 0 aliphatic heterocycles. The predicted octanol–water partition coefficient (Wildman–Crippen LogP) is 3.09. The van der Waals surface area contributed by atoms with E-state index in [-0.39, 0.29) is 10.6 Å². The highest BCUT2D eigenvalue weighted by Crippen LogP contribution is 2.31. The molecule has 2 aromatic rings. The normalized spacial score (nSPS) is 11.1. The van der Waals surface area contributed by atoms with E-state index >= 15 is 0 Å². The Kier molecular flexibility index (Phi) is 4.61. The van der Waals surface area contributed by atoms with Crippen LogP contribution in [0.1, 0.15) is 11.1 Å². The van der Waals surface area contributed by atoms with Crippen molar-refractivity contribution in [3.05, 3.63) is 47.5 Å². The zero-order chi connectivity index (χ0) is 16.3. The van der Waals surface area contributed by atoms with E-state index in [0.29, 0.717) is 11.5 Å². The van der Waals surface area contributed by atoms with Gasteiger partial charge in [-0.3, -0.25) is 0 Å². The van der Waals surface area contributed by atoms with E-state index in [2.05, 4.69) is 0 Å². The third-order valence-corrected chi connectivity index (χ3v) is 4.65. The molecule has 0 bridgehead atoms. The fourth-order valence-corrected chi connectivity index (χ4v) is 3.12. The Hall–Kier alpha value is -2.21. The van der Waals surface area contributed by atoms with Crippen LogP contribution in [0, 0.1) is 13.8 Å². The summed E-state index contributed by atoms with van der Waals surface area (Å²) in [6.07, 6.45) is 0. The molecule has 0 saturated heterocycles. The Labute approximate surface area is 130 Å². The van der Waals surface area contributed by atoms with Gasteiger partial charge in [-0.05, 0) is 43.2 Å². The van der Waals surface area contributed by atoms with Crippen molar-refractivity contribution in [2.75, 3.05) is 14.2 Å². The first-order valence-corrected chi connectivity index (χ1v) is 8.02. The Morgan fingerprint density at radius 3 is 2.27 bits per heavy atom. The van der Waals surface area contributed by atoms with Gasteiger partial charge >= 0.3 is 10.1 Å². The number of benzene rings is 2. The van der Waals surface area contributed by atoms with Gasteiger partial charge in [0.15, 0.2) is 4.90 Å². The maximum atomic E-state index is 12.6. The summed E-state index contributed by atoms with van der Waals surface area (Å²) in [5.74, 6) is 0.903. The second kappa shape index (κ2) is 6.27. The number of hydrogen-bond acceptors (Lipinski definition) is 5. The van der Waals surface area contributed by atoms with Crippen LogP contribution in [0.3, 0.4) is 0 Å². The van der Waals surface area contributed by atoms with Crippen LogP contribution in [0.25, 0.3) is 0 Å². The second-order valence-corrected chi connectivity index (χ2v) is 6.27. The first-order valence-electron chi connectivity index (χ1n) is 6.62. The molecule has 0 spiro atoms. The minimum atomic E-state index is -4.03. The average Bonchev–Trinajstić information content (AvgIpc) is 2.51. The van der Waals surface area contributed by atoms with Crippen LogP contribution < -0.4 is 13.7 Å². The molecule has 0 unspecified atom stereocenters. The van der Waals surface area contributed by atoms with E-state index in [4.69, 9.17) is 13.7 Å². The fraction of sp³-hybridized carbons (Fsp3) is 0.250. The van der Waals surface area contributed by atoms with Crippen LogP contribution in [0.4, 0.5) is 0 Å². The molecule has 0 aliphatic rings. The van der Waals surface area contributed by atoms with Crippen LogP contribution in [0.2, 0.25) is 0 Å². The molecule has 0 N–H and O–H groups in total. The highest BCUT2D eigenvalue weighted by atomic mass is 32.2. The summed E-state index contributed by atoms with van der Waals surface area (Å²) >= 11 is 0. The maximum Gasteiger partial charge on any atom is 0.343 e. The van der Waals surface area contributed by atoms with E-state index < -0.39 is 10.1 Å². The van der Waals surface area contributed by atoms with Crippen molar-refractivity contribution in [2.24, 2.45) is 0 Å². The van der Waals surface area contributed by atoms with Gasteiger partial charge < -0.3 is 13.7 Å². The van der Waals surface area contributed by atoms with Crippen LogP contribution >= 0.6 is 0 Å². The molecule has 2 rings (SSSR count). The average molecular weight is 322 g/mol. The van der Waals surface area contributed by atoms with E-state index in [1.54, 1.807) is 18.2 Å². The molecule has 0 radical (unpaired) electrons. The molecule has 0 aromatic heterocycles. The number of ether oxygens (including phenoxy) is 2. The molecule has 0 heterocycles. The molecule has 2 aromatic carbocycles. The monoisotopic (exact) mass is 322 g/mol. The minimum absolute atomic E-state index is 0.0738. The molecule has 0 aliphatic carbocycles. The lowest BCUT2D eigenvalue weighted by Gasteiger charge is -2.13. The van der Waals surface area contributed by atoms with Gasteiger partial charge in [0.25, 0.3) is 0 Å². The fourth-order valence-electron chi connectivity index (χ4n) is 1.96. The van der Waals surface area contributed by atoms with E-state index in [1.807, 2.05) is 19.9 Å². The third kappa shape index (κ3) is 3.17. The van der Waals surface area contributed by atoms with E-state index in [9.17, 15) is 8.42 Å². The van der Waals surface area contributed by atoms with Gasteiger partial charge in [-0.15, -0.1) is 0 Å². The van der Waals surface area contributed by atoms with Crippen molar-refractivity contribution in [1.82, 2.24) is 0 Å². The Morgan fingerprint density at radius 1 is 0.909 bits per heavy atom. The van der Waals surface area contributed by atoms with E-state index in [1.165, 1.54) is 26.4 Å². The summed E-state index contributed by atoms with van der Waals surface area (Å²) in [7, 11) is -1.17. The van der Waals surface area contributed by atoms with Crippen molar-refractivity contribution >= 4 is 10.1 Å². The van der Waals surface area contributed by atoms with Crippen molar-refractivity contribution in [3.8, 4) is 17.2 Å². The lowest BCUT2D eigenvalue weighted by atomic mass is 10.1. The quantitative estimate of drug-likeness (QED) is 0.792. The van der Waals surface area contributed by atoms with Gasteiger partial charge in [-0.1, -0.05) is 12.1 Å². The lowest BCUT2D eigenvalue weighted by molar-refractivity contribution is 0.388. The predicted molar refractivity (Wildman–Crippen MR) is 83.3 cm³/mol. The van der Waals surface area contributed by atoms with Gasteiger partial charge in [0.05, 0.1) is 14.2 Å². The van der Waals surface area contributed by atoms with Gasteiger partial charge in [-0.2, -0.15) is 8.42 Å². The van der Waals surface area contributed by atoms with Crippen molar-refractivity contribution in [1.29, 1.82) is 0 Å². The van der Waals surface area contributed by atoms with Gasteiger partial charge in [0, 0.05) is 6.07 Å². The molecule has 118 valence electrons. The molecule has 0 fully saturated rings. The third-order valence-electron chi connectivity index (χ3n) is 3.39. The molecule has 0 saturated carbocycles. The van der Waals surface area contributed by atoms with Crippen LogP contribution in [-0.4, -0.2) is 22.6 Å². The summed E-state index contributed by atoms with van der Waals surface area (Å²) < 4.78 is 40.6. The van der Waals surface area contributed by atoms with Gasteiger partial charge in [0.2, 0.25) is 0 Å². The molecule has 6 heteroatoms. The highest BCUT2D eigenvalue weighted by Gasteiger charge is 2.23. The summed E-state index contributed by atoms with van der Waals surface area (Å²) in [4.78, 5) is -0.0738. The molecular formula is C16H18O5S. The smallest absolute Gasteiger partial charge is 0.343 e. The summed E-state index contributed by atoms with van der Waals surface area (Å²) in [6.45, 7) is 3.70. The zero-order valence-electron chi connectivity index (χ0n) is 12.9. The largest absolute Gasteiger partial charge is 0.497 e. The highest BCUT2D eigenvalue weighted by molar-refractivity contribution is 7.87. The summed E-state index contributed by atoms with van der Waals surface area (Å²) in [5.41, 5.74) is 1.72. The van der Waals surface area contributed by atoms with Crippen molar-refractivity contribution in [2.45, 2.75) is 18.7 Å². The molecule has 0 amide bonds. The minimum Gasteiger partial charge on any atom is -0.497 e. The van der Waals surface area contributed by atoms with Gasteiger partial charge in [-0.25, -0.2) is 0 Å². The summed E-state index contributed by atoms with van der Waals surface area (Å²) in [6, 6.07) is 9.77. The second-order valence-electron chi connectivity index (χ2n) is 4.75. The van der Waals surface area contributed by atoms with Crippen molar-refractivity contribution < 1.29 is 22.1 Å². The zero-order valence-corrected chi connectivity index (χ0v) is 13.7. The van der Waals surface area contributed by atoms with E-state index in [0.717, 1.165) is 11.1 Å². The SMILES string of the molecule is COc1ccc(OC)c(S(=O)(=O)Oc2cccc(C)c2C)c1. The van der Waals surface area contributed by atoms with Crippen molar-refractivity contribution in [3.63, 3.8) is 0 Å². The summed E-state index contributed by atoms with van der Waals surface area (Å²) in [5, 5.41) is 0. The first-order chi connectivity index (χ1) is 10.4. The standard InChI is InChI=1S/C16H18O5S/c1-11-6-5-7-14(12(11)2)21-22(17,18)16-10-13(19-3)8-9-15(16)20-4/h5-10H,1-4H3. The first kappa shape index (κ1) is 16.2.